The van der Waals surface area contributed by atoms with Crippen LogP contribution in [0.2, 0.25) is 0 Å². The SMILES string of the molecule is CCCCC(CC)CC(NCCC)C1CCS(=O)(=O)C1. The zero-order chi connectivity index (χ0) is 15.0. The highest BCUT2D eigenvalue weighted by Crippen LogP contribution is 2.28. The van der Waals surface area contributed by atoms with Gasteiger partial charge in [-0.05, 0) is 37.6 Å². The van der Waals surface area contributed by atoms with Crippen molar-refractivity contribution in [2.24, 2.45) is 11.8 Å². The molecule has 0 aromatic heterocycles. The third-order valence-corrected chi connectivity index (χ3v) is 6.42. The van der Waals surface area contributed by atoms with Gasteiger partial charge in [0.2, 0.25) is 0 Å². The molecule has 0 amide bonds. The van der Waals surface area contributed by atoms with Crippen LogP contribution in [0.15, 0.2) is 0 Å². The lowest BCUT2D eigenvalue weighted by molar-refractivity contribution is 0.290. The molecule has 1 aliphatic rings. The summed E-state index contributed by atoms with van der Waals surface area (Å²) in [5.41, 5.74) is 0. The fraction of sp³-hybridized carbons (Fsp3) is 1.00. The summed E-state index contributed by atoms with van der Waals surface area (Å²) in [4.78, 5) is 0. The van der Waals surface area contributed by atoms with Gasteiger partial charge < -0.3 is 5.32 Å². The number of rotatable bonds is 10. The topological polar surface area (TPSA) is 46.2 Å². The number of sulfone groups is 1. The second-order valence-electron chi connectivity index (χ2n) is 6.38. The Morgan fingerprint density at radius 2 is 1.95 bits per heavy atom. The van der Waals surface area contributed by atoms with Gasteiger partial charge in [-0.1, -0.05) is 46.5 Å². The highest BCUT2D eigenvalue weighted by atomic mass is 32.2. The van der Waals surface area contributed by atoms with E-state index in [1.54, 1.807) is 0 Å². The van der Waals surface area contributed by atoms with E-state index in [0.717, 1.165) is 31.7 Å². The fourth-order valence-corrected chi connectivity index (χ4v) is 5.13. The summed E-state index contributed by atoms with van der Waals surface area (Å²) in [6.45, 7) is 7.68. The van der Waals surface area contributed by atoms with Crippen LogP contribution in [0.3, 0.4) is 0 Å². The first kappa shape index (κ1) is 18.0. The van der Waals surface area contributed by atoms with Gasteiger partial charge in [0.15, 0.2) is 9.84 Å². The molecule has 3 unspecified atom stereocenters. The molecule has 0 aromatic rings. The van der Waals surface area contributed by atoms with E-state index in [4.69, 9.17) is 0 Å². The molecule has 1 aliphatic heterocycles. The van der Waals surface area contributed by atoms with Gasteiger partial charge in [-0.25, -0.2) is 8.42 Å². The summed E-state index contributed by atoms with van der Waals surface area (Å²) in [6, 6.07) is 0.397. The lowest BCUT2D eigenvalue weighted by atomic mass is 9.86. The number of hydrogen-bond acceptors (Lipinski definition) is 3. The van der Waals surface area contributed by atoms with E-state index >= 15 is 0 Å². The molecule has 1 saturated heterocycles. The average Bonchev–Trinajstić information content (AvgIpc) is 2.78. The van der Waals surface area contributed by atoms with Crippen LogP contribution < -0.4 is 5.32 Å². The van der Waals surface area contributed by atoms with E-state index in [2.05, 4.69) is 26.1 Å². The van der Waals surface area contributed by atoms with Crippen LogP contribution in [0.1, 0.15) is 65.7 Å². The molecule has 0 aliphatic carbocycles. The van der Waals surface area contributed by atoms with Crippen molar-refractivity contribution in [2.45, 2.75) is 71.8 Å². The van der Waals surface area contributed by atoms with Gasteiger partial charge in [0.05, 0.1) is 11.5 Å². The Hall–Kier alpha value is -0.0900. The predicted molar refractivity (Wildman–Crippen MR) is 86.8 cm³/mol. The Morgan fingerprint density at radius 3 is 2.45 bits per heavy atom. The Kier molecular flexibility index (Phi) is 8.11. The number of unbranched alkanes of at least 4 members (excludes halogenated alkanes) is 1. The molecule has 3 atom stereocenters. The molecule has 1 rings (SSSR count). The third-order valence-electron chi connectivity index (χ3n) is 4.62. The summed E-state index contributed by atoms with van der Waals surface area (Å²) in [6.07, 6.45) is 8.16. The highest BCUT2D eigenvalue weighted by Gasteiger charge is 2.34. The normalized spacial score (nSPS) is 24.6. The molecule has 3 nitrogen and oxygen atoms in total. The van der Waals surface area contributed by atoms with Gasteiger partial charge >= 0.3 is 0 Å². The van der Waals surface area contributed by atoms with Crippen molar-refractivity contribution in [1.29, 1.82) is 0 Å². The van der Waals surface area contributed by atoms with Crippen molar-refractivity contribution in [3.8, 4) is 0 Å². The Labute approximate surface area is 125 Å². The second kappa shape index (κ2) is 9.04. The third kappa shape index (κ3) is 6.13. The van der Waals surface area contributed by atoms with Crippen LogP contribution in [0.5, 0.6) is 0 Å². The number of nitrogens with one attached hydrogen (secondary N) is 1. The van der Waals surface area contributed by atoms with Crippen LogP contribution in [0.4, 0.5) is 0 Å². The van der Waals surface area contributed by atoms with Gasteiger partial charge in [0.1, 0.15) is 0 Å². The summed E-state index contributed by atoms with van der Waals surface area (Å²) in [5, 5.41) is 3.63. The first-order chi connectivity index (χ1) is 9.52. The first-order valence-electron chi connectivity index (χ1n) is 8.46. The van der Waals surface area contributed by atoms with E-state index in [1.165, 1.54) is 25.7 Å². The predicted octanol–water partition coefficient (Wildman–Crippen LogP) is 3.40. The van der Waals surface area contributed by atoms with E-state index in [-0.39, 0.29) is 0 Å². The van der Waals surface area contributed by atoms with E-state index in [9.17, 15) is 8.42 Å². The van der Waals surface area contributed by atoms with Crippen molar-refractivity contribution in [2.75, 3.05) is 18.1 Å². The molecule has 20 heavy (non-hydrogen) atoms. The lowest BCUT2D eigenvalue weighted by Gasteiger charge is -2.28. The van der Waals surface area contributed by atoms with Gasteiger partial charge in [-0.15, -0.1) is 0 Å². The zero-order valence-corrected chi connectivity index (χ0v) is 14.3. The van der Waals surface area contributed by atoms with Crippen molar-refractivity contribution >= 4 is 9.84 Å². The van der Waals surface area contributed by atoms with Crippen LogP contribution in [-0.2, 0) is 9.84 Å². The first-order valence-corrected chi connectivity index (χ1v) is 10.3. The molecule has 0 aromatic carbocycles. The molecule has 0 spiro atoms. The molecular formula is C16H33NO2S. The average molecular weight is 304 g/mol. The zero-order valence-electron chi connectivity index (χ0n) is 13.5. The smallest absolute Gasteiger partial charge is 0.150 e. The minimum atomic E-state index is -2.76. The van der Waals surface area contributed by atoms with Crippen LogP contribution in [-0.4, -0.2) is 32.5 Å². The van der Waals surface area contributed by atoms with E-state index in [0.29, 0.717) is 23.5 Å². The maximum Gasteiger partial charge on any atom is 0.150 e. The molecule has 0 bridgehead atoms. The number of hydrogen-bond donors (Lipinski definition) is 1. The van der Waals surface area contributed by atoms with E-state index < -0.39 is 9.84 Å². The highest BCUT2D eigenvalue weighted by molar-refractivity contribution is 7.91. The van der Waals surface area contributed by atoms with Crippen molar-refractivity contribution in [3.05, 3.63) is 0 Å². The minimum Gasteiger partial charge on any atom is -0.314 e. The second-order valence-corrected chi connectivity index (χ2v) is 8.60. The van der Waals surface area contributed by atoms with Gasteiger partial charge in [-0.3, -0.25) is 0 Å². The maximum absolute atomic E-state index is 11.7. The van der Waals surface area contributed by atoms with Crippen LogP contribution in [0.25, 0.3) is 0 Å². The molecule has 4 heteroatoms. The van der Waals surface area contributed by atoms with Gasteiger partial charge in [0, 0.05) is 6.04 Å². The molecule has 1 fully saturated rings. The van der Waals surface area contributed by atoms with Crippen LogP contribution in [0, 0.1) is 11.8 Å². The summed E-state index contributed by atoms with van der Waals surface area (Å²) in [5.74, 6) is 1.88. The fourth-order valence-electron chi connectivity index (χ4n) is 3.25. The summed E-state index contributed by atoms with van der Waals surface area (Å²) >= 11 is 0. The quantitative estimate of drug-likeness (QED) is 0.673. The van der Waals surface area contributed by atoms with Crippen LogP contribution >= 0.6 is 0 Å². The molecule has 0 radical (unpaired) electrons. The summed E-state index contributed by atoms with van der Waals surface area (Å²) in [7, 11) is -2.76. The standard InChI is InChI=1S/C16H33NO2S/c1-4-7-8-14(6-3)12-16(17-10-5-2)15-9-11-20(18,19)13-15/h14-17H,4-13H2,1-3H3. The molecular weight excluding hydrogens is 270 g/mol. The van der Waals surface area contributed by atoms with Gasteiger partial charge in [-0.2, -0.15) is 0 Å². The molecule has 1 heterocycles. The lowest BCUT2D eigenvalue weighted by Crippen LogP contribution is -2.39. The molecule has 0 saturated carbocycles. The van der Waals surface area contributed by atoms with Crippen molar-refractivity contribution < 1.29 is 8.42 Å². The minimum absolute atomic E-state index is 0.335. The largest absolute Gasteiger partial charge is 0.314 e. The van der Waals surface area contributed by atoms with Crippen molar-refractivity contribution in [1.82, 2.24) is 5.32 Å². The maximum atomic E-state index is 11.7. The summed E-state index contributed by atoms with van der Waals surface area (Å²) < 4.78 is 23.4. The molecule has 1 N–H and O–H groups in total. The Balaban J connectivity index is 2.58. The monoisotopic (exact) mass is 303 g/mol. The van der Waals surface area contributed by atoms with E-state index in [1.807, 2.05) is 0 Å². The molecule has 120 valence electrons. The Morgan fingerprint density at radius 1 is 1.20 bits per heavy atom. The van der Waals surface area contributed by atoms with Gasteiger partial charge in [0.25, 0.3) is 0 Å². The Bertz CT molecular complexity index is 353. The van der Waals surface area contributed by atoms with Crippen molar-refractivity contribution in [3.63, 3.8) is 0 Å².